The van der Waals surface area contributed by atoms with Crippen LogP contribution in [0.25, 0.3) is 0 Å². The Morgan fingerprint density at radius 2 is 1.79 bits per heavy atom. The normalized spacial score (nSPS) is 10.2. The lowest BCUT2D eigenvalue weighted by Crippen LogP contribution is -2.49. The number of hydrogen-bond acceptors (Lipinski definition) is 5. The van der Waals surface area contributed by atoms with Crippen molar-refractivity contribution in [1.29, 1.82) is 0 Å². The Kier molecular flexibility index (Phi) is 7.97. The molecule has 0 radical (unpaired) electrons. The van der Waals surface area contributed by atoms with Gasteiger partial charge in [-0.2, -0.15) is 0 Å². The van der Waals surface area contributed by atoms with Crippen LogP contribution >= 0.6 is 12.2 Å². The van der Waals surface area contributed by atoms with Crippen LogP contribution in [0, 0.1) is 13.8 Å². The summed E-state index contributed by atoms with van der Waals surface area (Å²) in [6.07, 6.45) is -0.00271. The van der Waals surface area contributed by atoms with Crippen LogP contribution < -0.4 is 25.6 Å². The first-order valence-electron chi connectivity index (χ1n) is 9.12. The third-order valence-corrected chi connectivity index (χ3v) is 4.13. The molecule has 0 saturated heterocycles. The highest BCUT2D eigenvalue weighted by molar-refractivity contribution is 7.80. The van der Waals surface area contributed by atoms with Crippen molar-refractivity contribution >= 4 is 29.1 Å². The first-order valence-corrected chi connectivity index (χ1v) is 9.53. The van der Waals surface area contributed by atoms with Crippen LogP contribution in [-0.4, -0.2) is 29.6 Å². The fraction of sp³-hybridized carbons (Fsp3) is 0.286. The summed E-state index contributed by atoms with van der Waals surface area (Å²) in [6.45, 7) is 7.50. The zero-order valence-corrected chi connectivity index (χ0v) is 17.7. The molecule has 29 heavy (non-hydrogen) atoms. The summed E-state index contributed by atoms with van der Waals surface area (Å²) >= 11 is 5.04. The number of amides is 2. The molecule has 2 aromatic carbocycles. The van der Waals surface area contributed by atoms with Crippen LogP contribution in [-0.2, 0) is 4.79 Å². The van der Waals surface area contributed by atoms with Gasteiger partial charge in [-0.05, 0) is 75.3 Å². The maximum absolute atomic E-state index is 12.3. The Morgan fingerprint density at radius 1 is 1.07 bits per heavy atom. The van der Waals surface area contributed by atoms with Crippen LogP contribution in [0.5, 0.6) is 11.5 Å². The number of rotatable bonds is 6. The molecule has 2 aromatic rings. The molecule has 0 bridgehead atoms. The van der Waals surface area contributed by atoms with Gasteiger partial charge in [0.25, 0.3) is 11.8 Å². The van der Waals surface area contributed by atoms with Gasteiger partial charge in [0.1, 0.15) is 11.5 Å². The molecular formula is C21H25N3O4S. The van der Waals surface area contributed by atoms with Crippen molar-refractivity contribution < 1.29 is 19.1 Å². The minimum atomic E-state index is -0.435. The highest BCUT2D eigenvalue weighted by atomic mass is 32.1. The van der Waals surface area contributed by atoms with Crippen molar-refractivity contribution in [2.45, 2.75) is 33.8 Å². The summed E-state index contributed by atoms with van der Waals surface area (Å²) in [5.41, 5.74) is 7.30. The number of hydrazine groups is 1. The number of carbonyl (C=O) groups is 2. The first kappa shape index (κ1) is 22.2. The van der Waals surface area contributed by atoms with Gasteiger partial charge in [-0.3, -0.25) is 25.8 Å². The van der Waals surface area contributed by atoms with Gasteiger partial charge in [-0.25, -0.2) is 0 Å². The molecule has 0 aliphatic rings. The summed E-state index contributed by atoms with van der Waals surface area (Å²) in [4.78, 5) is 24.2. The van der Waals surface area contributed by atoms with E-state index in [1.165, 1.54) is 0 Å². The number of aryl methyl sites for hydroxylation is 1. The Hall–Kier alpha value is -3.13. The molecule has 0 atom stereocenters. The van der Waals surface area contributed by atoms with E-state index in [-0.39, 0.29) is 17.8 Å². The molecular weight excluding hydrogens is 390 g/mol. The summed E-state index contributed by atoms with van der Waals surface area (Å²) in [7, 11) is 0. The largest absolute Gasteiger partial charge is 0.491 e. The number of hydrogen-bond donors (Lipinski definition) is 3. The maximum Gasteiger partial charge on any atom is 0.276 e. The van der Waals surface area contributed by atoms with Gasteiger partial charge in [-0.15, -0.1) is 0 Å². The van der Waals surface area contributed by atoms with E-state index in [0.29, 0.717) is 17.1 Å². The Balaban J connectivity index is 1.79. The number of benzene rings is 2. The van der Waals surface area contributed by atoms with Crippen molar-refractivity contribution in [3.05, 3.63) is 59.2 Å². The van der Waals surface area contributed by atoms with Gasteiger partial charge in [0.2, 0.25) is 0 Å². The average Bonchev–Trinajstić information content (AvgIpc) is 2.67. The van der Waals surface area contributed by atoms with E-state index in [1.54, 1.807) is 30.3 Å². The number of nitrogens with one attached hydrogen (secondary N) is 3. The zero-order chi connectivity index (χ0) is 21.4. The maximum atomic E-state index is 12.3. The van der Waals surface area contributed by atoms with E-state index < -0.39 is 11.8 Å². The minimum Gasteiger partial charge on any atom is -0.491 e. The van der Waals surface area contributed by atoms with Crippen molar-refractivity contribution in [1.82, 2.24) is 16.2 Å². The lowest BCUT2D eigenvalue weighted by Gasteiger charge is -2.13. The highest BCUT2D eigenvalue weighted by Crippen LogP contribution is 2.20. The second kappa shape index (κ2) is 10.4. The first-order chi connectivity index (χ1) is 13.8. The lowest BCUT2D eigenvalue weighted by atomic mass is 10.1. The highest BCUT2D eigenvalue weighted by Gasteiger charge is 2.11. The van der Waals surface area contributed by atoms with Gasteiger partial charge < -0.3 is 9.47 Å². The number of ether oxygens (including phenoxy) is 2. The summed E-state index contributed by atoms with van der Waals surface area (Å²) < 4.78 is 11.1. The minimum absolute atomic E-state index is 0.00271. The predicted molar refractivity (Wildman–Crippen MR) is 115 cm³/mol. The smallest absolute Gasteiger partial charge is 0.276 e. The second-order valence-electron chi connectivity index (χ2n) is 6.64. The topological polar surface area (TPSA) is 88.7 Å². The number of thiocarbonyl (C=S) groups is 1. The standard InChI is InChI=1S/C21H25N3O4S/c1-13(2)28-17-9-6-8-16(11-17)20(26)22-21(29)24-23-19(25)12-27-18-10-5-7-14(3)15(18)4/h5-11,13H,12H2,1-4H3,(H,23,25)(H2,22,24,26,29). The molecule has 0 fully saturated rings. The summed E-state index contributed by atoms with van der Waals surface area (Å²) in [6, 6.07) is 12.4. The van der Waals surface area contributed by atoms with Gasteiger partial charge in [0, 0.05) is 5.56 Å². The number of carbonyl (C=O) groups excluding carboxylic acids is 2. The van der Waals surface area contributed by atoms with Crippen LogP contribution in [0.2, 0.25) is 0 Å². The third-order valence-electron chi connectivity index (χ3n) is 3.92. The Bertz CT molecular complexity index is 899. The fourth-order valence-corrected chi connectivity index (χ4v) is 2.52. The van der Waals surface area contributed by atoms with Gasteiger partial charge in [0.05, 0.1) is 6.10 Å². The monoisotopic (exact) mass is 415 g/mol. The molecule has 3 N–H and O–H groups in total. The molecule has 0 heterocycles. The molecule has 0 unspecified atom stereocenters. The third kappa shape index (κ3) is 7.08. The van der Waals surface area contributed by atoms with E-state index in [1.807, 2.05) is 39.8 Å². The van der Waals surface area contributed by atoms with Crippen LogP contribution in [0.3, 0.4) is 0 Å². The van der Waals surface area contributed by atoms with Crippen molar-refractivity contribution in [3.63, 3.8) is 0 Å². The van der Waals surface area contributed by atoms with E-state index in [9.17, 15) is 9.59 Å². The second-order valence-corrected chi connectivity index (χ2v) is 7.05. The molecule has 0 saturated carbocycles. The molecule has 7 nitrogen and oxygen atoms in total. The SMILES string of the molecule is Cc1cccc(OCC(=O)NNC(=S)NC(=O)c2cccc(OC(C)C)c2)c1C. The molecule has 0 aromatic heterocycles. The molecule has 0 aliphatic carbocycles. The molecule has 0 aliphatic heterocycles. The molecule has 8 heteroatoms. The Labute approximate surface area is 175 Å². The van der Waals surface area contributed by atoms with E-state index in [2.05, 4.69) is 16.2 Å². The van der Waals surface area contributed by atoms with Gasteiger partial charge in [-0.1, -0.05) is 18.2 Å². The lowest BCUT2D eigenvalue weighted by molar-refractivity contribution is -0.123. The van der Waals surface area contributed by atoms with Crippen molar-refractivity contribution in [3.8, 4) is 11.5 Å². The quantitative estimate of drug-likeness (QED) is 0.497. The van der Waals surface area contributed by atoms with E-state index >= 15 is 0 Å². The summed E-state index contributed by atoms with van der Waals surface area (Å²) in [5.74, 6) is 0.371. The zero-order valence-electron chi connectivity index (χ0n) is 16.9. The van der Waals surface area contributed by atoms with Gasteiger partial charge >= 0.3 is 0 Å². The van der Waals surface area contributed by atoms with Crippen molar-refractivity contribution in [2.75, 3.05) is 6.61 Å². The molecule has 0 spiro atoms. The molecule has 2 rings (SSSR count). The fourth-order valence-electron chi connectivity index (χ4n) is 2.38. The molecule has 2 amide bonds. The van der Waals surface area contributed by atoms with Gasteiger partial charge in [0.15, 0.2) is 11.7 Å². The molecule has 154 valence electrons. The van der Waals surface area contributed by atoms with Crippen LogP contribution in [0.15, 0.2) is 42.5 Å². The Morgan fingerprint density at radius 3 is 2.52 bits per heavy atom. The van der Waals surface area contributed by atoms with E-state index in [0.717, 1.165) is 11.1 Å². The summed E-state index contributed by atoms with van der Waals surface area (Å²) in [5, 5.41) is 2.46. The predicted octanol–water partition coefficient (Wildman–Crippen LogP) is 2.81. The van der Waals surface area contributed by atoms with Crippen molar-refractivity contribution in [2.24, 2.45) is 0 Å². The van der Waals surface area contributed by atoms with E-state index in [4.69, 9.17) is 21.7 Å². The average molecular weight is 416 g/mol. The van der Waals surface area contributed by atoms with Crippen LogP contribution in [0.4, 0.5) is 0 Å². The van der Waals surface area contributed by atoms with Crippen LogP contribution in [0.1, 0.15) is 35.3 Å².